The molecule has 0 bridgehead atoms. The Bertz CT molecular complexity index is 1500. The predicted octanol–water partition coefficient (Wildman–Crippen LogP) is 6.97. The third kappa shape index (κ3) is 7.30. The second-order valence-corrected chi connectivity index (χ2v) is 10.4. The van der Waals surface area contributed by atoms with Gasteiger partial charge in [0.2, 0.25) is 0 Å². The summed E-state index contributed by atoms with van der Waals surface area (Å²) in [5.41, 5.74) is 8.43. The van der Waals surface area contributed by atoms with Crippen LogP contribution >= 0.6 is 11.3 Å². The Kier molecular flexibility index (Phi) is 8.47. The number of nitrogen functional groups attached to an aromatic ring is 1. The van der Waals surface area contributed by atoms with E-state index in [9.17, 15) is 23.1 Å². The molecule has 39 heavy (non-hydrogen) atoms. The average molecular weight is 553 g/mol. The maximum absolute atomic E-state index is 13.6. The van der Waals surface area contributed by atoms with E-state index in [0.29, 0.717) is 51.6 Å². The van der Waals surface area contributed by atoms with Gasteiger partial charge in [0.25, 0.3) is 12.3 Å². The van der Waals surface area contributed by atoms with E-state index < -0.39 is 23.8 Å². The molecule has 0 atom stereocenters. The fraction of sp³-hybridized carbons (Fsp3) is 0.207. The van der Waals surface area contributed by atoms with Gasteiger partial charge in [-0.3, -0.25) is 9.79 Å². The van der Waals surface area contributed by atoms with Crippen LogP contribution in [0.4, 0.5) is 24.5 Å². The monoisotopic (exact) mass is 552 g/mol. The molecule has 3 aromatic carbocycles. The Labute approximate surface area is 228 Å². The van der Waals surface area contributed by atoms with Gasteiger partial charge in [0.05, 0.1) is 5.60 Å². The van der Waals surface area contributed by atoms with E-state index >= 15 is 0 Å². The molecule has 6 nitrogen and oxygen atoms in total. The fourth-order valence-electron chi connectivity index (χ4n) is 3.72. The van der Waals surface area contributed by atoms with Crippen LogP contribution in [-0.4, -0.2) is 34.4 Å². The molecule has 0 saturated carbocycles. The Morgan fingerprint density at radius 3 is 2.59 bits per heavy atom. The molecule has 4 N–H and O–H groups in total. The number of aliphatic hydroxyl groups is 1. The van der Waals surface area contributed by atoms with E-state index in [1.165, 1.54) is 41.7 Å². The van der Waals surface area contributed by atoms with E-state index in [1.54, 1.807) is 55.8 Å². The summed E-state index contributed by atoms with van der Waals surface area (Å²) in [4.78, 5) is 21.9. The van der Waals surface area contributed by atoms with Crippen molar-refractivity contribution in [3.05, 3.63) is 88.7 Å². The third-order valence-corrected chi connectivity index (χ3v) is 6.72. The molecule has 0 aliphatic heterocycles. The lowest BCUT2D eigenvalue weighted by Crippen LogP contribution is -2.19. The first-order chi connectivity index (χ1) is 18.5. The summed E-state index contributed by atoms with van der Waals surface area (Å²) in [6.07, 6.45) is -0.592. The molecule has 1 heterocycles. The number of nitrogens with zero attached hydrogens (tertiary/aromatic N) is 2. The number of aliphatic imine (C=N–C) groups is 1. The van der Waals surface area contributed by atoms with Crippen LogP contribution in [0.15, 0.2) is 71.0 Å². The van der Waals surface area contributed by atoms with Gasteiger partial charge in [-0.05, 0) is 56.2 Å². The number of hydrogen-bond acceptors (Lipinski definition) is 6. The number of hydrogen-bond donors (Lipinski definition) is 3. The molecule has 1 aromatic heterocycles. The van der Waals surface area contributed by atoms with Gasteiger partial charge >= 0.3 is 0 Å². The van der Waals surface area contributed by atoms with E-state index in [-0.39, 0.29) is 11.3 Å². The van der Waals surface area contributed by atoms with Crippen molar-refractivity contribution in [2.75, 3.05) is 17.6 Å². The number of halogens is 3. The van der Waals surface area contributed by atoms with E-state index in [0.717, 1.165) is 0 Å². The number of nitrogens with one attached hydrogen (secondary N) is 1. The van der Waals surface area contributed by atoms with Crippen LogP contribution in [0.3, 0.4) is 0 Å². The number of nitrogens with two attached hydrogens (primary N) is 1. The van der Waals surface area contributed by atoms with Crippen LogP contribution in [0, 0.1) is 5.82 Å². The first kappa shape index (κ1) is 28.0. The minimum Gasteiger partial charge on any atom is -0.398 e. The van der Waals surface area contributed by atoms with Gasteiger partial charge in [-0.2, -0.15) is 0 Å². The Balaban J connectivity index is 1.64. The lowest BCUT2D eigenvalue weighted by Gasteiger charge is -2.15. The van der Waals surface area contributed by atoms with Crippen molar-refractivity contribution in [1.82, 2.24) is 4.98 Å². The normalized spacial score (nSPS) is 11.9. The number of carbonyl (C=O) groups is 1. The highest BCUT2D eigenvalue weighted by atomic mass is 32.1. The van der Waals surface area contributed by atoms with Gasteiger partial charge in [0.15, 0.2) is 0 Å². The number of carbonyl (C=O) groups excluding carboxylic acids is 1. The zero-order chi connectivity index (χ0) is 28.2. The SMILES string of the molecule is CC(C)(O)CCN=Cc1cc(NC(=O)c2csc(-c3cccc(C(F)F)c3)n2)c(-c2ccc(F)cc2)cc1N. The molecule has 0 saturated heterocycles. The maximum atomic E-state index is 13.6. The number of amides is 1. The highest BCUT2D eigenvalue weighted by Crippen LogP contribution is 2.33. The average Bonchev–Trinajstić information content (AvgIpc) is 3.39. The van der Waals surface area contributed by atoms with Crippen molar-refractivity contribution in [3.8, 4) is 21.7 Å². The number of anilines is 2. The summed E-state index contributed by atoms with van der Waals surface area (Å²) < 4.78 is 39.8. The zero-order valence-corrected chi connectivity index (χ0v) is 22.1. The summed E-state index contributed by atoms with van der Waals surface area (Å²) in [6.45, 7) is 3.77. The van der Waals surface area contributed by atoms with Gasteiger partial charge in [0, 0.05) is 51.8 Å². The predicted molar refractivity (Wildman–Crippen MR) is 150 cm³/mol. The molecule has 0 spiro atoms. The molecule has 0 radical (unpaired) electrons. The zero-order valence-electron chi connectivity index (χ0n) is 21.3. The second kappa shape index (κ2) is 11.8. The molecular formula is C29H27F3N4O2S. The first-order valence-corrected chi connectivity index (χ1v) is 12.9. The fourth-order valence-corrected chi connectivity index (χ4v) is 4.52. The molecule has 4 aromatic rings. The van der Waals surface area contributed by atoms with Crippen molar-refractivity contribution < 1.29 is 23.1 Å². The maximum Gasteiger partial charge on any atom is 0.275 e. The largest absolute Gasteiger partial charge is 0.398 e. The van der Waals surface area contributed by atoms with Crippen molar-refractivity contribution in [2.24, 2.45) is 4.99 Å². The summed E-state index contributed by atoms with van der Waals surface area (Å²) in [5.74, 6) is -0.917. The minimum absolute atomic E-state index is 0.111. The number of alkyl halides is 2. The van der Waals surface area contributed by atoms with Crippen LogP contribution in [-0.2, 0) is 0 Å². The molecule has 0 unspecified atom stereocenters. The molecule has 4 rings (SSSR count). The summed E-state index contributed by atoms with van der Waals surface area (Å²) in [5, 5.41) is 14.7. The van der Waals surface area contributed by atoms with Gasteiger partial charge < -0.3 is 16.2 Å². The molecule has 10 heteroatoms. The quantitative estimate of drug-likeness (QED) is 0.154. The van der Waals surface area contributed by atoms with E-state index in [2.05, 4.69) is 15.3 Å². The van der Waals surface area contributed by atoms with Crippen LogP contribution in [0.5, 0.6) is 0 Å². The highest BCUT2D eigenvalue weighted by Gasteiger charge is 2.17. The lowest BCUT2D eigenvalue weighted by atomic mass is 10.00. The molecular weight excluding hydrogens is 525 g/mol. The van der Waals surface area contributed by atoms with E-state index in [4.69, 9.17) is 5.73 Å². The van der Waals surface area contributed by atoms with Crippen LogP contribution in [0.2, 0.25) is 0 Å². The van der Waals surface area contributed by atoms with Gasteiger partial charge in [-0.25, -0.2) is 18.2 Å². The number of rotatable bonds is 9. The van der Waals surface area contributed by atoms with Crippen molar-refractivity contribution in [1.29, 1.82) is 0 Å². The number of aromatic nitrogens is 1. The van der Waals surface area contributed by atoms with Crippen molar-refractivity contribution >= 4 is 34.8 Å². The summed E-state index contributed by atoms with van der Waals surface area (Å²) in [6, 6.07) is 15.0. The van der Waals surface area contributed by atoms with Crippen LogP contribution < -0.4 is 11.1 Å². The smallest absolute Gasteiger partial charge is 0.275 e. The number of benzene rings is 3. The lowest BCUT2D eigenvalue weighted by molar-refractivity contribution is 0.0739. The molecule has 0 fully saturated rings. The topological polar surface area (TPSA) is 101 Å². The van der Waals surface area contributed by atoms with E-state index in [1.807, 2.05) is 0 Å². The van der Waals surface area contributed by atoms with Crippen LogP contribution in [0.1, 0.15) is 48.3 Å². The van der Waals surface area contributed by atoms with Crippen molar-refractivity contribution in [3.63, 3.8) is 0 Å². The summed E-state index contributed by atoms with van der Waals surface area (Å²) in [7, 11) is 0. The van der Waals surface area contributed by atoms with Gasteiger partial charge in [-0.1, -0.05) is 30.3 Å². The first-order valence-electron chi connectivity index (χ1n) is 12.1. The molecule has 0 aliphatic rings. The second-order valence-electron chi connectivity index (χ2n) is 9.55. The standard InChI is InChI=1S/C29H27F3N4O2S/c1-29(2,38)10-11-34-15-20-13-24(22(14-23(20)33)17-6-8-21(30)9-7-17)35-27(37)25-16-39-28(36-25)19-5-3-4-18(12-19)26(31)32/h3-9,12-16,26,38H,10-11,33H2,1-2H3,(H,35,37). The van der Waals surface area contributed by atoms with Gasteiger partial charge in [0.1, 0.15) is 16.5 Å². The highest BCUT2D eigenvalue weighted by molar-refractivity contribution is 7.13. The van der Waals surface area contributed by atoms with Gasteiger partial charge in [-0.15, -0.1) is 11.3 Å². The third-order valence-electron chi connectivity index (χ3n) is 5.83. The Hall–Kier alpha value is -4.02. The molecule has 0 aliphatic carbocycles. The molecule has 1 amide bonds. The Morgan fingerprint density at radius 1 is 1.15 bits per heavy atom. The van der Waals surface area contributed by atoms with Crippen LogP contribution in [0.25, 0.3) is 21.7 Å². The summed E-state index contributed by atoms with van der Waals surface area (Å²) >= 11 is 1.17. The minimum atomic E-state index is -2.61. The number of thiazole rings is 1. The van der Waals surface area contributed by atoms with Crippen molar-refractivity contribution in [2.45, 2.75) is 32.3 Å². The Morgan fingerprint density at radius 2 is 1.90 bits per heavy atom. The molecule has 202 valence electrons.